The highest BCUT2D eigenvalue weighted by atomic mass is 32.1. The zero-order valence-electron chi connectivity index (χ0n) is 31.3. The second kappa shape index (κ2) is 23.9. The first-order chi connectivity index (χ1) is 24.2. The highest BCUT2D eigenvalue weighted by molar-refractivity contribution is 7.09. The minimum absolute atomic E-state index is 0.146. The molecule has 4 rings (SSSR count). The Morgan fingerprint density at radius 2 is 1.35 bits per heavy atom. The van der Waals surface area contributed by atoms with E-state index in [9.17, 15) is 4.79 Å². The highest BCUT2D eigenvalue weighted by Crippen LogP contribution is 2.34. The van der Waals surface area contributed by atoms with E-state index in [1.54, 1.807) is 0 Å². The number of amides is 1. The fraction of sp³-hybridized carbons (Fsp3) is 0.622. The van der Waals surface area contributed by atoms with Crippen LogP contribution in [0, 0.1) is 0 Å². The summed E-state index contributed by atoms with van der Waals surface area (Å²) in [6, 6.07) is 20.5. The molecule has 1 aliphatic rings. The van der Waals surface area contributed by atoms with Crippen molar-refractivity contribution in [1.29, 1.82) is 0 Å². The molecule has 3 nitrogen and oxygen atoms in total. The van der Waals surface area contributed by atoms with Crippen LogP contribution in [0.3, 0.4) is 0 Å². The van der Waals surface area contributed by atoms with Crippen molar-refractivity contribution in [3.8, 4) is 11.1 Å². The van der Waals surface area contributed by atoms with Crippen LogP contribution in [0.2, 0.25) is 0 Å². The Balaban J connectivity index is 1.08. The number of hydrogen-bond acceptors (Lipinski definition) is 3. The van der Waals surface area contributed by atoms with Gasteiger partial charge in [-0.1, -0.05) is 153 Å². The molecule has 0 spiro atoms. The quantitative estimate of drug-likeness (QED) is 0.0854. The summed E-state index contributed by atoms with van der Waals surface area (Å²) in [5.41, 5.74) is 6.55. The average molecular weight is 685 g/mol. The van der Waals surface area contributed by atoms with Crippen molar-refractivity contribution in [1.82, 2.24) is 4.90 Å². The second-order valence-electron chi connectivity index (χ2n) is 14.7. The lowest BCUT2D eigenvalue weighted by atomic mass is 9.83. The van der Waals surface area contributed by atoms with Gasteiger partial charge in [-0.2, -0.15) is 0 Å². The molecular formula is C45H68N2OS. The van der Waals surface area contributed by atoms with Gasteiger partial charge in [0, 0.05) is 29.6 Å². The maximum atomic E-state index is 12.7. The molecule has 0 fully saturated rings. The summed E-state index contributed by atoms with van der Waals surface area (Å²) in [5, 5.41) is 5.34. The maximum Gasteiger partial charge on any atom is 0.224 e. The van der Waals surface area contributed by atoms with Gasteiger partial charge in [0.15, 0.2) is 0 Å². The number of unbranched alkanes of at least 4 members (excludes halogenated alkanes) is 16. The fourth-order valence-corrected chi connectivity index (χ4v) is 8.51. The van der Waals surface area contributed by atoms with Gasteiger partial charge in [0.25, 0.3) is 0 Å². The maximum absolute atomic E-state index is 12.7. The Morgan fingerprint density at radius 1 is 0.714 bits per heavy atom. The number of carbonyl (C=O) groups excluding carboxylic acids is 1. The normalized spacial score (nSPS) is 14.3. The van der Waals surface area contributed by atoms with Gasteiger partial charge < -0.3 is 5.32 Å². The minimum atomic E-state index is 0.146. The summed E-state index contributed by atoms with van der Waals surface area (Å²) in [5.74, 6) is 0.146. The van der Waals surface area contributed by atoms with Crippen LogP contribution in [0.25, 0.3) is 11.1 Å². The van der Waals surface area contributed by atoms with Crippen LogP contribution in [0.4, 0.5) is 5.69 Å². The van der Waals surface area contributed by atoms with Gasteiger partial charge in [-0.15, -0.1) is 11.3 Å². The third-order valence-electron chi connectivity index (χ3n) is 10.7. The SMILES string of the molecule is CCCCCCCCCCCCCCCCCCCC(=O)Nc1ccc(-c2cccc3c2CC[C@H](N(CCC)CCc2cccs2)C3)cc1. The van der Waals surface area contributed by atoms with Gasteiger partial charge in [0.05, 0.1) is 0 Å². The molecule has 3 aromatic rings. The van der Waals surface area contributed by atoms with E-state index < -0.39 is 0 Å². The van der Waals surface area contributed by atoms with Crippen LogP contribution >= 0.6 is 11.3 Å². The number of nitrogens with one attached hydrogen (secondary N) is 1. The molecule has 1 amide bonds. The van der Waals surface area contributed by atoms with E-state index >= 15 is 0 Å². The Hall–Kier alpha value is -2.43. The van der Waals surface area contributed by atoms with Crippen LogP contribution in [-0.2, 0) is 24.1 Å². The van der Waals surface area contributed by atoms with Gasteiger partial charge >= 0.3 is 0 Å². The van der Waals surface area contributed by atoms with E-state index in [1.165, 1.54) is 143 Å². The summed E-state index contributed by atoms with van der Waals surface area (Å²) in [4.78, 5) is 16.9. The van der Waals surface area contributed by atoms with E-state index in [4.69, 9.17) is 0 Å². The fourth-order valence-electron chi connectivity index (χ4n) is 7.81. The number of rotatable bonds is 26. The zero-order chi connectivity index (χ0) is 34.4. The number of fused-ring (bicyclic) bond motifs is 1. The van der Waals surface area contributed by atoms with E-state index in [-0.39, 0.29) is 5.91 Å². The summed E-state index contributed by atoms with van der Waals surface area (Å²) < 4.78 is 0. The van der Waals surface area contributed by atoms with Gasteiger partial charge in [-0.05, 0) is 90.9 Å². The summed E-state index contributed by atoms with van der Waals surface area (Å²) >= 11 is 1.88. The molecule has 0 radical (unpaired) electrons. The third-order valence-corrected chi connectivity index (χ3v) is 11.6. The monoisotopic (exact) mass is 685 g/mol. The molecule has 0 aliphatic heterocycles. The van der Waals surface area contributed by atoms with E-state index in [1.807, 2.05) is 11.3 Å². The molecule has 1 aromatic heterocycles. The van der Waals surface area contributed by atoms with Gasteiger partial charge in [0.2, 0.25) is 5.91 Å². The molecule has 1 atom stereocenters. The lowest BCUT2D eigenvalue weighted by molar-refractivity contribution is -0.116. The first-order valence-corrected chi connectivity index (χ1v) is 21.3. The van der Waals surface area contributed by atoms with Crippen LogP contribution in [0.1, 0.15) is 158 Å². The summed E-state index contributed by atoms with van der Waals surface area (Å²) in [6.07, 6.45) is 29.6. The topological polar surface area (TPSA) is 32.3 Å². The molecule has 0 bridgehead atoms. The average Bonchev–Trinajstić information content (AvgIpc) is 3.65. The number of anilines is 1. The second-order valence-corrected chi connectivity index (χ2v) is 15.8. The van der Waals surface area contributed by atoms with Crippen molar-refractivity contribution in [3.05, 3.63) is 76.0 Å². The zero-order valence-corrected chi connectivity index (χ0v) is 32.1. The number of benzene rings is 2. The van der Waals surface area contributed by atoms with Crippen LogP contribution in [0.5, 0.6) is 0 Å². The molecule has 0 saturated carbocycles. The van der Waals surface area contributed by atoms with Crippen molar-refractivity contribution >= 4 is 22.9 Å². The summed E-state index contributed by atoms with van der Waals surface area (Å²) in [6.45, 7) is 6.93. The molecule has 270 valence electrons. The minimum Gasteiger partial charge on any atom is -0.326 e. The molecule has 1 heterocycles. The molecule has 0 unspecified atom stereocenters. The number of hydrogen-bond donors (Lipinski definition) is 1. The third kappa shape index (κ3) is 14.8. The van der Waals surface area contributed by atoms with E-state index in [2.05, 4.69) is 84.0 Å². The van der Waals surface area contributed by atoms with Gasteiger partial charge in [-0.25, -0.2) is 0 Å². The predicted molar refractivity (Wildman–Crippen MR) is 215 cm³/mol. The molecule has 1 aliphatic carbocycles. The van der Waals surface area contributed by atoms with Gasteiger partial charge in [-0.3, -0.25) is 9.69 Å². The number of carbonyl (C=O) groups is 1. The van der Waals surface area contributed by atoms with Crippen molar-refractivity contribution in [2.45, 2.75) is 168 Å². The molecule has 1 N–H and O–H groups in total. The smallest absolute Gasteiger partial charge is 0.224 e. The molecule has 0 saturated heterocycles. The van der Waals surface area contributed by atoms with Crippen molar-refractivity contribution in [3.63, 3.8) is 0 Å². The Bertz CT molecular complexity index is 1280. The molecular weight excluding hydrogens is 617 g/mol. The van der Waals surface area contributed by atoms with Crippen LogP contribution in [0.15, 0.2) is 60.0 Å². The first kappa shape index (κ1) is 39.4. The van der Waals surface area contributed by atoms with Crippen molar-refractivity contribution < 1.29 is 4.79 Å². The lowest BCUT2D eigenvalue weighted by Crippen LogP contribution is -2.41. The van der Waals surface area contributed by atoms with E-state index in [0.717, 1.165) is 44.3 Å². The standard InChI is InChI=1S/C45H68N2OS/c1-3-5-6-7-8-9-10-11-12-13-14-15-16-17-18-19-20-26-45(48)46-40-29-27-38(28-30-40)43-25-21-23-39-37-41(31-32-44(39)43)47(34-4-2)35-33-42-24-22-36-49-42/h21-25,27-30,36,41H,3-20,26,31-35,37H2,1-2H3,(H,46,48)/t41-/m0/s1. The predicted octanol–water partition coefficient (Wildman–Crippen LogP) is 13.2. The Kier molecular flexibility index (Phi) is 19.2. The lowest BCUT2D eigenvalue weighted by Gasteiger charge is -2.36. The molecule has 2 aromatic carbocycles. The Labute approximate surface area is 304 Å². The summed E-state index contributed by atoms with van der Waals surface area (Å²) in [7, 11) is 0. The van der Waals surface area contributed by atoms with Crippen LogP contribution < -0.4 is 5.32 Å². The van der Waals surface area contributed by atoms with Crippen LogP contribution in [-0.4, -0.2) is 29.9 Å². The molecule has 49 heavy (non-hydrogen) atoms. The highest BCUT2D eigenvalue weighted by Gasteiger charge is 2.25. The van der Waals surface area contributed by atoms with Gasteiger partial charge in [0.1, 0.15) is 0 Å². The molecule has 4 heteroatoms. The van der Waals surface area contributed by atoms with Crippen molar-refractivity contribution in [2.24, 2.45) is 0 Å². The van der Waals surface area contributed by atoms with E-state index in [0.29, 0.717) is 12.5 Å². The largest absolute Gasteiger partial charge is 0.326 e. The van der Waals surface area contributed by atoms with Crippen molar-refractivity contribution in [2.75, 3.05) is 18.4 Å². The number of nitrogens with zero attached hydrogens (tertiary/aromatic N) is 1. The first-order valence-electron chi connectivity index (χ1n) is 20.5. The Morgan fingerprint density at radius 3 is 1.94 bits per heavy atom. The number of thiophene rings is 1.